The molecule has 0 saturated heterocycles. The monoisotopic (exact) mass is 318 g/mol. The molecule has 0 aromatic heterocycles. The number of halogens is 1. The lowest BCUT2D eigenvalue weighted by atomic mass is 10.1. The van der Waals surface area contributed by atoms with Crippen molar-refractivity contribution in [2.75, 3.05) is 6.61 Å². The molecule has 116 valence electrons. The van der Waals surface area contributed by atoms with Gasteiger partial charge in [0.2, 0.25) is 0 Å². The van der Waals surface area contributed by atoms with Crippen LogP contribution in [0.1, 0.15) is 30.1 Å². The minimum Gasteiger partial charge on any atom is -0.394 e. The highest BCUT2D eigenvalue weighted by molar-refractivity contribution is 6.30. The van der Waals surface area contributed by atoms with Gasteiger partial charge in [-0.1, -0.05) is 54.1 Å². The van der Waals surface area contributed by atoms with E-state index in [1.54, 1.807) is 24.3 Å². The Morgan fingerprint density at radius 3 is 2.27 bits per heavy atom. The van der Waals surface area contributed by atoms with Crippen LogP contribution in [0.4, 0.5) is 4.79 Å². The summed E-state index contributed by atoms with van der Waals surface area (Å²) in [6, 6.07) is 15.8. The van der Waals surface area contributed by atoms with Crippen molar-refractivity contribution in [3.8, 4) is 0 Å². The first-order valence-electron chi connectivity index (χ1n) is 7.08. The maximum absolute atomic E-state index is 12.1. The van der Waals surface area contributed by atoms with E-state index in [0.717, 1.165) is 11.1 Å². The first-order valence-corrected chi connectivity index (χ1v) is 7.46. The molecular formula is C17H19ClN2O2. The summed E-state index contributed by atoms with van der Waals surface area (Å²) in [4.78, 5) is 12.1. The van der Waals surface area contributed by atoms with Gasteiger partial charge in [0, 0.05) is 5.02 Å². The molecule has 2 amide bonds. The van der Waals surface area contributed by atoms with Crippen molar-refractivity contribution >= 4 is 17.6 Å². The van der Waals surface area contributed by atoms with Crippen molar-refractivity contribution in [3.63, 3.8) is 0 Å². The van der Waals surface area contributed by atoms with E-state index >= 15 is 0 Å². The van der Waals surface area contributed by atoms with E-state index in [9.17, 15) is 9.90 Å². The van der Waals surface area contributed by atoms with Crippen molar-refractivity contribution in [1.29, 1.82) is 0 Å². The smallest absolute Gasteiger partial charge is 0.315 e. The number of aliphatic hydroxyl groups is 1. The number of nitrogens with one attached hydrogen (secondary N) is 2. The molecule has 2 rings (SSSR count). The Hall–Kier alpha value is -2.04. The van der Waals surface area contributed by atoms with Gasteiger partial charge < -0.3 is 15.7 Å². The van der Waals surface area contributed by atoms with Crippen LogP contribution in [-0.2, 0) is 0 Å². The molecule has 0 radical (unpaired) electrons. The number of hydrogen-bond acceptors (Lipinski definition) is 2. The molecule has 4 nitrogen and oxygen atoms in total. The van der Waals surface area contributed by atoms with Gasteiger partial charge in [-0.2, -0.15) is 0 Å². The molecule has 0 heterocycles. The minimum atomic E-state index is -0.472. The Bertz CT molecular complexity index is 602. The Morgan fingerprint density at radius 2 is 1.68 bits per heavy atom. The molecule has 2 aromatic rings. The number of hydrogen-bond donors (Lipinski definition) is 3. The van der Waals surface area contributed by atoms with Crippen LogP contribution in [0.2, 0.25) is 5.02 Å². The van der Waals surface area contributed by atoms with Gasteiger partial charge in [0.05, 0.1) is 18.7 Å². The highest BCUT2D eigenvalue weighted by atomic mass is 35.5. The van der Waals surface area contributed by atoms with E-state index in [1.165, 1.54) is 0 Å². The predicted molar refractivity (Wildman–Crippen MR) is 87.8 cm³/mol. The Balaban J connectivity index is 1.96. The normalized spacial score (nSPS) is 13.2. The summed E-state index contributed by atoms with van der Waals surface area (Å²) in [6.45, 7) is 1.72. The topological polar surface area (TPSA) is 61.4 Å². The van der Waals surface area contributed by atoms with Crippen LogP contribution in [0.15, 0.2) is 54.6 Å². The van der Waals surface area contributed by atoms with E-state index in [1.807, 2.05) is 37.3 Å². The summed E-state index contributed by atoms with van der Waals surface area (Å²) in [6.07, 6.45) is 0. The first kappa shape index (κ1) is 16.3. The maximum atomic E-state index is 12.1. The average Bonchev–Trinajstić information content (AvgIpc) is 2.54. The van der Waals surface area contributed by atoms with E-state index < -0.39 is 6.04 Å². The summed E-state index contributed by atoms with van der Waals surface area (Å²) in [5, 5.41) is 15.7. The second kappa shape index (κ2) is 7.82. The van der Waals surface area contributed by atoms with Gasteiger partial charge in [-0.25, -0.2) is 4.79 Å². The third kappa shape index (κ3) is 4.48. The number of carbonyl (C=O) groups is 1. The number of benzene rings is 2. The molecular weight excluding hydrogens is 300 g/mol. The average molecular weight is 319 g/mol. The zero-order chi connectivity index (χ0) is 15.9. The fraction of sp³-hybridized carbons (Fsp3) is 0.235. The SMILES string of the molecule is C[C@@H](NC(=O)NC(CO)c1ccc(Cl)cc1)c1ccccc1. The molecule has 1 unspecified atom stereocenters. The quantitative estimate of drug-likeness (QED) is 0.791. The van der Waals surface area contributed by atoms with Crippen molar-refractivity contribution in [1.82, 2.24) is 10.6 Å². The van der Waals surface area contributed by atoms with Crippen molar-refractivity contribution in [3.05, 3.63) is 70.7 Å². The van der Waals surface area contributed by atoms with Gasteiger partial charge in [-0.3, -0.25) is 0 Å². The number of urea groups is 1. The van der Waals surface area contributed by atoms with Gasteiger partial charge in [0.15, 0.2) is 0 Å². The van der Waals surface area contributed by atoms with Crippen LogP contribution in [0.3, 0.4) is 0 Å². The van der Waals surface area contributed by atoms with E-state index in [2.05, 4.69) is 10.6 Å². The standard InChI is InChI=1S/C17H19ClN2O2/c1-12(13-5-3-2-4-6-13)19-17(22)20-16(11-21)14-7-9-15(18)10-8-14/h2-10,12,16,21H,11H2,1H3,(H2,19,20,22)/t12-,16?/m1/s1. The van der Waals surface area contributed by atoms with Crippen LogP contribution in [-0.4, -0.2) is 17.7 Å². The van der Waals surface area contributed by atoms with Crippen LogP contribution >= 0.6 is 11.6 Å². The first-order chi connectivity index (χ1) is 10.6. The highest BCUT2D eigenvalue weighted by Gasteiger charge is 2.15. The molecule has 0 aliphatic heterocycles. The molecule has 3 N–H and O–H groups in total. The van der Waals surface area contributed by atoms with Crippen LogP contribution in [0.5, 0.6) is 0 Å². The molecule has 2 aromatic carbocycles. The van der Waals surface area contributed by atoms with Gasteiger partial charge >= 0.3 is 6.03 Å². The van der Waals surface area contributed by atoms with Crippen molar-refractivity contribution < 1.29 is 9.90 Å². The highest BCUT2D eigenvalue weighted by Crippen LogP contribution is 2.16. The third-order valence-corrected chi connectivity index (χ3v) is 3.66. The lowest BCUT2D eigenvalue weighted by Gasteiger charge is -2.20. The van der Waals surface area contributed by atoms with E-state index in [0.29, 0.717) is 5.02 Å². The summed E-state index contributed by atoms with van der Waals surface area (Å²) in [5.74, 6) is 0. The van der Waals surface area contributed by atoms with Gasteiger partial charge in [0.1, 0.15) is 0 Å². The zero-order valence-electron chi connectivity index (χ0n) is 12.3. The fourth-order valence-electron chi connectivity index (χ4n) is 2.15. The molecule has 0 aliphatic rings. The lowest BCUT2D eigenvalue weighted by Crippen LogP contribution is -2.40. The largest absolute Gasteiger partial charge is 0.394 e. The Labute approximate surface area is 135 Å². The second-order valence-corrected chi connectivity index (χ2v) is 5.47. The van der Waals surface area contributed by atoms with Gasteiger partial charge in [0.25, 0.3) is 0 Å². The summed E-state index contributed by atoms with van der Waals surface area (Å²) in [5.41, 5.74) is 1.82. The minimum absolute atomic E-state index is 0.120. The van der Waals surface area contributed by atoms with Crippen LogP contribution in [0, 0.1) is 0 Å². The van der Waals surface area contributed by atoms with Gasteiger partial charge in [-0.05, 0) is 30.2 Å². The van der Waals surface area contributed by atoms with Crippen LogP contribution in [0.25, 0.3) is 0 Å². The fourth-order valence-corrected chi connectivity index (χ4v) is 2.28. The van der Waals surface area contributed by atoms with Crippen molar-refractivity contribution in [2.24, 2.45) is 0 Å². The predicted octanol–water partition coefficient (Wildman–Crippen LogP) is 3.43. The molecule has 0 saturated carbocycles. The summed E-state index contributed by atoms with van der Waals surface area (Å²) < 4.78 is 0. The summed E-state index contributed by atoms with van der Waals surface area (Å²) in [7, 11) is 0. The van der Waals surface area contributed by atoms with E-state index in [-0.39, 0.29) is 18.7 Å². The maximum Gasteiger partial charge on any atom is 0.315 e. The van der Waals surface area contributed by atoms with Crippen LogP contribution < -0.4 is 10.6 Å². The number of aliphatic hydroxyl groups excluding tert-OH is 1. The molecule has 0 fully saturated rings. The molecule has 0 spiro atoms. The third-order valence-electron chi connectivity index (χ3n) is 3.41. The lowest BCUT2D eigenvalue weighted by molar-refractivity contribution is 0.214. The number of amides is 2. The summed E-state index contributed by atoms with van der Waals surface area (Å²) >= 11 is 5.84. The number of rotatable bonds is 5. The van der Waals surface area contributed by atoms with E-state index in [4.69, 9.17) is 11.6 Å². The van der Waals surface area contributed by atoms with Gasteiger partial charge in [-0.15, -0.1) is 0 Å². The Kier molecular flexibility index (Phi) is 5.81. The second-order valence-electron chi connectivity index (χ2n) is 5.04. The molecule has 2 atom stereocenters. The zero-order valence-corrected chi connectivity index (χ0v) is 13.0. The molecule has 0 bridgehead atoms. The molecule has 5 heteroatoms. The Morgan fingerprint density at radius 1 is 1.05 bits per heavy atom. The number of carbonyl (C=O) groups excluding carboxylic acids is 1. The van der Waals surface area contributed by atoms with Crippen molar-refractivity contribution in [2.45, 2.75) is 19.0 Å². The molecule has 0 aliphatic carbocycles. The molecule has 22 heavy (non-hydrogen) atoms.